The van der Waals surface area contributed by atoms with E-state index in [1.165, 1.54) is 32.1 Å². The summed E-state index contributed by atoms with van der Waals surface area (Å²) in [7, 11) is 0. The minimum atomic E-state index is 0.240. The highest BCUT2D eigenvalue weighted by molar-refractivity contribution is 7.80. The first-order valence-electron chi connectivity index (χ1n) is 5.31. The Morgan fingerprint density at radius 2 is 2.43 bits per heavy atom. The molecule has 1 rings (SSSR count). The molecule has 0 heterocycles. The van der Waals surface area contributed by atoms with Crippen LogP contribution in [0.4, 0.5) is 0 Å². The highest BCUT2D eigenvalue weighted by atomic mass is 32.1. The van der Waals surface area contributed by atoms with E-state index in [-0.39, 0.29) is 5.11 Å². The lowest BCUT2D eigenvalue weighted by Gasteiger charge is -2.25. The Bertz CT molecular complexity index is 215. The van der Waals surface area contributed by atoms with Crippen molar-refractivity contribution >= 4 is 23.5 Å². The number of hydrogen-bond acceptors (Lipinski definition) is 2. The summed E-state index contributed by atoms with van der Waals surface area (Å²) in [5.41, 5.74) is 7.87. The minimum absolute atomic E-state index is 0.240. The molecule has 0 radical (unpaired) electrons. The van der Waals surface area contributed by atoms with Crippen molar-refractivity contribution in [3.63, 3.8) is 0 Å². The molecule has 1 saturated carbocycles. The first-order chi connectivity index (χ1) is 6.72. The summed E-state index contributed by atoms with van der Waals surface area (Å²) < 4.78 is 0. The number of nitrogens with one attached hydrogen (secondary N) is 1. The molecule has 0 aliphatic heterocycles. The monoisotopic (exact) mass is 213 g/mol. The third kappa shape index (κ3) is 4.05. The predicted molar refractivity (Wildman–Crippen MR) is 64.2 cm³/mol. The maximum atomic E-state index is 5.27. The molecule has 1 aliphatic rings. The molecule has 0 aromatic heterocycles. The smallest absolute Gasteiger partial charge is 0.184 e. The fraction of sp³-hybridized carbons (Fsp3) is 0.800. The summed E-state index contributed by atoms with van der Waals surface area (Å²) in [5.74, 6) is 1.49. The predicted octanol–water partition coefficient (Wildman–Crippen LogP) is 2.02. The molecule has 1 fully saturated rings. The summed E-state index contributed by atoms with van der Waals surface area (Å²) >= 11 is 4.66. The third-order valence-electron chi connectivity index (χ3n) is 2.86. The normalized spacial score (nSPS) is 27.8. The molecule has 0 aromatic rings. The van der Waals surface area contributed by atoms with Gasteiger partial charge < -0.3 is 5.73 Å². The van der Waals surface area contributed by atoms with Crippen molar-refractivity contribution < 1.29 is 0 Å². The molecule has 3 N–H and O–H groups in total. The number of nitrogens with zero attached hydrogens (tertiary/aromatic N) is 1. The van der Waals surface area contributed by atoms with Gasteiger partial charge >= 0.3 is 0 Å². The average Bonchev–Trinajstić information content (AvgIpc) is 2.18. The topological polar surface area (TPSA) is 50.4 Å². The molecule has 1 aliphatic carbocycles. The van der Waals surface area contributed by atoms with Crippen molar-refractivity contribution in [3.8, 4) is 0 Å². The second-order valence-electron chi connectivity index (χ2n) is 3.96. The first-order valence-corrected chi connectivity index (χ1v) is 5.71. The molecule has 0 amide bonds. The van der Waals surface area contributed by atoms with Gasteiger partial charge in [0.1, 0.15) is 0 Å². The lowest BCUT2D eigenvalue weighted by molar-refractivity contribution is 0.313. The molecule has 0 bridgehead atoms. The Hall–Kier alpha value is -0.640. The molecule has 0 aromatic carbocycles. The summed E-state index contributed by atoms with van der Waals surface area (Å²) in [6.07, 6.45) is 8.46. The number of hydrogen-bond donors (Lipinski definition) is 2. The Labute approximate surface area is 91.1 Å². The average molecular weight is 213 g/mol. The van der Waals surface area contributed by atoms with E-state index in [9.17, 15) is 0 Å². The molecule has 2 atom stereocenters. The Morgan fingerprint density at radius 1 is 1.64 bits per heavy atom. The van der Waals surface area contributed by atoms with Crippen LogP contribution in [0, 0.1) is 11.8 Å². The van der Waals surface area contributed by atoms with Gasteiger partial charge in [0.15, 0.2) is 5.11 Å². The van der Waals surface area contributed by atoms with Crippen LogP contribution in [0.3, 0.4) is 0 Å². The largest absolute Gasteiger partial charge is 0.375 e. The second-order valence-corrected chi connectivity index (χ2v) is 4.40. The van der Waals surface area contributed by atoms with E-state index in [1.54, 1.807) is 0 Å². The highest BCUT2D eigenvalue weighted by Crippen LogP contribution is 2.29. The Kier molecular flexibility index (Phi) is 4.87. The third-order valence-corrected chi connectivity index (χ3v) is 2.95. The van der Waals surface area contributed by atoms with Crippen molar-refractivity contribution in [2.24, 2.45) is 22.7 Å². The Morgan fingerprint density at radius 3 is 3.07 bits per heavy atom. The van der Waals surface area contributed by atoms with Crippen molar-refractivity contribution in [3.05, 3.63) is 0 Å². The summed E-state index contributed by atoms with van der Waals surface area (Å²) in [6.45, 7) is 2.26. The van der Waals surface area contributed by atoms with E-state index in [0.29, 0.717) is 5.92 Å². The molecule has 80 valence electrons. The van der Waals surface area contributed by atoms with Gasteiger partial charge in [-0.25, -0.2) is 0 Å². The second kappa shape index (κ2) is 5.96. The van der Waals surface area contributed by atoms with Gasteiger partial charge in [-0.05, 0) is 36.9 Å². The van der Waals surface area contributed by atoms with Crippen LogP contribution in [0.25, 0.3) is 0 Å². The Balaban J connectivity index is 2.29. The fourth-order valence-electron chi connectivity index (χ4n) is 2.05. The van der Waals surface area contributed by atoms with Crippen molar-refractivity contribution in [2.75, 3.05) is 0 Å². The maximum Gasteiger partial charge on any atom is 0.184 e. The molecular weight excluding hydrogens is 194 g/mol. The van der Waals surface area contributed by atoms with Gasteiger partial charge in [-0.3, -0.25) is 5.43 Å². The summed E-state index contributed by atoms with van der Waals surface area (Å²) in [5, 5.41) is 4.26. The van der Waals surface area contributed by atoms with Crippen molar-refractivity contribution in [2.45, 2.75) is 39.0 Å². The first kappa shape index (κ1) is 11.4. The zero-order chi connectivity index (χ0) is 10.4. The minimum Gasteiger partial charge on any atom is -0.375 e. The van der Waals surface area contributed by atoms with E-state index >= 15 is 0 Å². The zero-order valence-electron chi connectivity index (χ0n) is 8.70. The van der Waals surface area contributed by atoms with Gasteiger partial charge in [0.25, 0.3) is 0 Å². The van der Waals surface area contributed by atoms with Gasteiger partial charge in [-0.1, -0.05) is 26.2 Å². The molecule has 4 heteroatoms. The van der Waals surface area contributed by atoms with Gasteiger partial charge in [-0.15, -0.1) is 0 Å². The summed E-state index contributed by atoms with van der Waals surface area (Å²) in [4.78, 5) is 0. The molecule has 3 nitrogen and oxygen atoms in total. The number of nitrogens with two attached hydrogens (primary N) is 1. The lowest BCUT2D eigenvalue weighted by Crippen LogP contribution is -2.25. The van der Waals surface area contributed by atoms with Gasteiger partial charge in [0.05, 0.1) is 0 Å². The molecule has 2 unspecified atom stereocenters. The van der Waals surface area contributed by atoms with E-state index in [2.05, 4.69) is 29.7 Å². The van der Waals surface area contributed by atoms with Crippen molar-refractivity contribution in [1.29, 1.82) is 0 Å². The van der Waals surface area contributed by atoms with Crippen LogP contribution in [0.15, 0.2) is 5.10 Å². The van der Waals surface area contributed by atoms with E-state index in [4.69, 9.17) is 5.73 Å². The van der Waals surface area contributed by atoms with Crippen LogP contribution in [-0.2, 0) is 0 Å². The van der Waals surface area contributed by atoms with Crippen LogP contribution in [0.5, 0.6) is 0 Å². The van der Waals surface area contributed by atoms with Crippen molar-refractivity contribution in [1.82, 2.24) is 5.43 Å². The fourth-order valence-corrected chi connectivity index (χ4v) is 2.10. The number of thiocarbonyl (C=S) groups is 1. The van der Waals surface area contributed by atoms with Crippen LogP contribution < -0.4 is 11.2 Å². The highest BCUT2D eigenvalue weighted by Gasteiger charge is 2.18. The molecule has 14 heavy (non-hydrogen) atoms. The SMILES string of the molecule is CCC1CCCC(/C=N/NC(N)=S)C1. The molecular formula is C10H19N3S. The van der Waals surface area contributed by atoms with E-state index < -0.39 is 0 Å². The number of hydrazone groups is 1. The molecule has 0 saturated heterocycles. The lowest BCUT2D eigenvalue weighted by atomic mass is 9.81. The van der Waals surface area contributed by atoms with Gasteiger partial charge in [0.2, 0.25) is 0 Å². The van der Waals surface area contributed by atoms with Gasteiger partial charge in [-0.2, -0.15) is 5.10 Å². The van der Waals surface area contributed by atoms with Crippen LogP contribution in [-0.4, -0.2) is 11.3 Å². The quantitative estimate of drug-likeness (QED) is 0.428. The maximum absolute atomic E-state index is 5.27. The van der Waals surface area contributed by atoms with Crippen LogP contribution in [0.1, 0.15) is 39.0 Å². The van der Waals surface area contributed by atoms with Crippen LogP contribution >= 0.6 is 12.2 Å². The van der Waals surface area contributed by atoms with E-state index in [1.807, 2.05) is 6.21 Å². The standard InChI is InChI=1S/C10H19N3S/c1-2-8-4-3-5-9(6-8)7-12-13-10(11)14/h7-9H,2-6H2,1H3,(H3,11,13,14)/b12-7+. The molecule has 0 spiro atoms. The van der Waals surface area contributed by atoms with Crippen LogP contribution in [0.2, 0.25) is 0 Å². The zero-order valence-corrected chi connectivity index (χ0v) is 9.52. The summed E-state index contributed by atoms with van der Waals surface area (Å²) in [6, 6.07) is 0. The van der Waals surface area contributed by atoms with E-state index in [0.717, 1.165) is 5.92 Å². The van der Waals surface area contributed by atoms with Gasteiger partial charge in [0, 0.05) is 6.21 Å². The number of rotatable bonds is 3.